The summed E-state index contributed by atoms with van der Waals surface area (Å²) in [6.45, 7) is 5.51. The van der Waals surface area contributed by atoms with Crippen molar-refractivity contribution in [2.24, 2.45) is 0 Å². The van der Waals surface area contributed by atoms with Gasteiger partial charge in [0.25, 0.3) is 0 Å². The minimum absolute atomic E-state index is 0.0797. The fraction of sp³-hybridized carbons (Fsp3) is 0.350. The summed E-state index contributed by atoms with van der Waals surface area (Å²) in [6, 6.07) is 7.53. The molecule has 0 unspecified atom stereocenters. The molecule has 0 bridgehead atoms. The Morgan fingerprint density at radius 1 is 1.14 bits per heavy atom. The van der Waals surface area contributed by atoms with Crippen molar-refractivity contribution in [1.29, 1.82) is 0 Å². The molecule has 0 aliphatic carbocycles. The lowest BCUT2D eigenvalue weighted by Gasteiger charge is -2.37. The number of aromatic nitrogens is 1. The van der Waals surface area contributed by atoms with E-state index < -0.39 is 17.9 Å². The number of nitrogens with one attached hydrogen (secondary N) is 2. The van der Waals surface area contributed by atoms with Gasteiger partial charge in [0.05, 0.1) is 17.6 Å². The fourth-order valence-electron chi connectivity index (χ4n) is 3.29. The second-order valence-electron chi connectivity index (χ2n) is 6.96. The summed E-state index contributed by atoms with van der Waals surface area (Å²) in [6.07, 6.45) is 0.588. The largest absolute Gasteiger partial charge is 0.465 e. The highest BCUT2D eigenvalue weighted by Gasteiger charge is 2.26. The molecular weight excluding hydrogens is 377 g/mol. The van der Waals surface area contributed by atoms with Crippen molar-refractivity contribution in [3.05, 3.63) is 53.6 Å². The average molecular weight is 401 g/mol. The maximum atomic E-state index is 15.0. The van der Waals surface area contributed by atoms with Gasteiger partial charge in [0, 0.05) is 43.5 Å². The van der Waals surface area contributed by atoms with E-state index in [9.17, 15) is 9.59 Å². The number of hydrogen-bond donors (Lipinski definition) is 3. The number of urea groups is 1. The zero-order chi connectivity index (χ0) is 21.0. The molecule has 0 radical (unpaired) electrons. The van der Waals surface area contributed by atoms with Crippen LogP contribution in [0.25, 0.3) is 0 Å². The van der Waals surface area contributed by atoms with Gasteiger partial charge in [-0.15, -0.1) is 0 Å². The number of pyridine rings is 1. The first-order chi connectivity index (χ1) is 13.8. The van der Waals surface area contributed by atoms with Gasteiger partial charge in [-0.3, -0.25) is 9.88 Å². The number of carbonyl (C=O) groups is 2. The molecule has 1 aromatic carbocycles. The highest BCUT2D eigenvalue weighted by atomic mass is 19.1. The van der Waals surface area contributed by atoms with Crippen LogP contribution in [0.3, 0.4) is 0 Å². The topological polar surface area (TPSA) is 97.8 Å². The van der Waals surface area contributed by atoms with E-state index in [1.54, 1.807) is 24.3 Å². The zero-order valence-electron chi connectivity index (χ0n) is 16.4. The lowest BCUT2D eigenvalue weighted by Crippen LogP contribution is -2.48. The molecule has 8 nitrogen and oxygen atoms in total. The number of carboxylic acid groups (broad SMARTS) is 1. The van der Waals surface area contributed by atoms with Gasteiger partial charge in [-0.25, -0.2) is 14.0 Å². The van der Waals surface area contributed by atoms with Crippen molar-refractivity contribution in [2.45, 2.75) is 19.9 Å². The third-order valence-electron chi connectivity index (χ3n) is 5.03. The highest BCUT2D eigenvalue weighted by molar-refractivity contribution is 5.99. The van der Waals surface area contributed by atoms with E-state index >= 15 is 4.39 Å². The van der Waals surface area contributed by atoms with Crippen LogP contribution in [0.1, 0.15) is 24.2 Å². The van der Waals surface area contributed by atoms with Crippen LogP contribution in [0.4, 0.5) is 25.4 Å². The predicted molar refractivity (Wildman–Crippen MR) is 108 cm³/mol. The molecule has 0 spiro atoms. The van der Waals surface area contributed by atoms with Crippen LogP contribution >= 0.6 is 0 Å². The lowest BCUT2D eigenvalue weighted by atomic mass is 10.0. The average Bonchev–Trinajstić information content (AvgIpc) is 2.71. The van der Waals surface area contributed by atoms with Gasteiger partial charge in [0.2, 0.25) is 0 Å². The van der Waals surface area contributed by atoms with Gasteiger partial charge in [0.15, 0.2) is 5.82 Å². The highest BCUT2D eigenvalue weighted by Crippen LogP contribution is 2.28. The van der Waals surface area contributed by atoms with Crippen molar-refractivity contribution < 1.29 is 19.1 Å². The van der Waals surface area contributed by atoms with E-state index in [1.165, 1.54) is 17.2 Å². The van der Waals surface area contributed by atoms with Gasteiger partial charge in [-0.1, -0.05) is 12.1 Å². The van der Waals surface area contributed by atoms with E-state index in [-0.39, 0.29) is 11.7 Å². The Kier molecular flexibility index (Phi) is 6.28. The molecule has 1 atom stereocenters. The summed E-state index contributed by atoms with van der Waals surface area (Å²) in [7, 11) is 0. The number of anilines is 2. The monoisotopic (exact) mass is 401 g/mol. The maximum Gasteiger partial charge on any atom is 0.407 e. The summed E-state index contributed by atoms with van der Waals surface area (Å²) >= 11 is 0. The molecule has 3 amide bonds. The number of benzene rings is 1. The number of rotatable bonds is 4. The Hall–Kier alpha value is -3.20. The molecule has 3 N–H and O–H groups in total. The number of nitrogens with zero attached hydrogens (tertiary/aromatic N) is 3. The molecule has 1 saturated heterocycles. The van der Waals surface area contributed by atoms with E-state index in [0.717, 1.165) is 5.69 Å². The summed E-state index contributed by atoms with van der Waals surface area (Å²) in [5.74, 6) is -0.502. The fourth-order valence-corrected chi connectivity index (χ4v) is 3.29. The SMILES string of the molecule is Cc1ccc(NC(=O)Nc2cccc([C@H](C)N3CCN(C(=O)O)CC3)c2F)cn1. The quantitative estimate of drug-likeness (QED) is 0.728. The Labute approximate surface area is 168 Å². The molecule has 29 heavy (non-hydrogen) atoms. The van der Waals surface area contributed by atoms with Crippen molar-refractivity contribution in [1.82, 2.24) is 14.8 Å². The van der Waals surface area contributed by atoms with Crippen molar-refractivity contribution in [3.63, 3.8) is 0 Å². The number of aryl methyl sites for hydroxylation is 1. The van der Waals surface area contributed by atoms with Crippen molar-refractivity contribution >= 4 is 23.5 Å². The lowest BCUT2D eigenvalue weighted by molar-refractivity contribution is 0.0881. The van der Waals surface area contributed by atoms with Crippen LogP contribution in [-0.2, 0) is 0 Å². The Balaban J connectivity index is 1.66. The van der Waals surface area contributed by atoms with Gasteiger partial charge >= 0.3 is 12.1 Å². The minimum atomic E-state index is -0.940. The van der Waals surface area contributed by atoms with Crippen LogP contribution in [0.5, 0.6) is 0 Å². The number of halogens is 1. The number of amides is 3. The van der Waals surface area contributed by atoms with Crippen molar-refractivity contribution in [3.8, 4) is 0 Å². The molecule has 3 rings (SSSR count). The first-order valence-electron chi connectivity index (χ1n) is 9.36. The third-order valence-corrected chi connectivity index (χ3v) is 5.03. The number of hydrogen-bond acceptors (Lipinski definition) is 4. The molecule has 2 heterocycles. The third kappa shape index (κ3) is 5.00. The molecular formula is C20H24FN5O3. The predicted octanol–water partition coefficient (Wildman–Crippen LogP) is 3.53. The molecule has 1 aliphatic rings. The second-order valence-corrected chi connectivity index (χ2v) is 6.96. The van der Waals surface area contributed by atoms with E-state index in [2.05, 4.69) is 15.6 Å². The van der Waals surface area contributed by atoms with Crippen LogP contribution in [0.15, 0.2) is 36.5 Å². The molecule has 154 valence electrons. The molecule has 9 heteroatoms. The van der Waals surface area contributed by atoms with Crippen LogP contribution in [0.2, 0.25) is 0 Å². The number of carbonyl (C=O) groups excluding carboxylic acids is 1. The summed E-state index contributed by atoms with van der Waals surface area (Å²) in [4.78, 5) is 30.7. The molecule has 1 aromatic heterocycles. The first kappa shape index (κ1) is 20.5. The van der Waals surface area contributed by atoms with Crippen LogP contribution in [-0.4, -0.2) is 58.2 Å². The van der Waals surface area contributed by atoms with Gasteiger partial charge < -0.3 is 20.6 Å². The normalized spacial score (nSPS) is 15.6. The van der Waals surface area contributed by atoms with Crippen LogP contribution < -0.4 is 10.6 Å². The Bertz CT molecular complexity index is 882. The smallest absolute Gasteiger partial charge is 0.407 e. The number of piperazine rings is 1. The van der Waals surface area contributed by atoms with Gasteiger partial charge in [-0.05, 0) is 32.0 Å². The second kappa shape index (κ2) is 8.87. The Morgan fingerprint density at radius 3 is 2.48 bits per heavy atom. The van der Waals surface area contributed by atoms with E-state index in [4.69, 9.17) is 5.11 Å². The van der Waals surface area contributed by atoms with Gasteiger partial charge in [0.1, 0.15) is 0 Å². The standard InChI is InChI=1S/C20H24FN5O3/c1-13-6-7-15(12-22-13)23-19(27)24-17-5-3-4-16(18(17)21)14(2)25-8-10-26(11-9-25)20(28)29/h3-7,12,14H,8-11H2,1-2H3,(H,28,29)(H2,23,24,27)/t14-/m0/s1. The molecule has 1 fully saturated rings. The zero-order valence-corrected chi connectivity index (χ0v) is 16.4. The van der Waals surface area contributed by atoms with Crippen LogP contribution in [0, 0.1) is 12.7 Å². The molecule has 0 saturated carbocycles. The van der Waals surface area contributed by atoms with E-state index in [1.807, 2.05) is 18.7 Å². The van der Waals surface area contributed by atoms with Crippen molar-refractivity contribution in [2.75, 3.05) is 36.8 Å². The summed E-state index contributed by atoms with van der Waals surface area (Å²) in [5, 5.41) is 14.2. The Morgan fingerprint density at radius 2 is 1.86 bits per heavy atom. The molecule has 1 aliphatic heterocycles. The molecule has 2 aromatic rings. The first-order valence-corrected chi connectivity index (χ1v) is 9.36. The minimum Gasteiger partial charge on any atom is -0.465 e. The summed E-state index contributed by atoms with van der Waals surface area (Å²) in [5.41, 5.74) is 1.86. The van der Waals surface area contributed by atoms with Gasteiger partial charge in [-0.2, -0.15) is 0 Å². The maximum absolute atomic E-state index is 15.0. The van der Waals surface area contributed by atoms with E-state index in [0.29, 0.717) is 37.4 Å². The summed E-state index contributed by atoms with van der Waals surface area (Å²) < 4.78 is 15.0.